The van der Waals surface area contributed by atoms with Gasteiger partial charge in [-0.2, -0.15) is 0 Å². The number of benzene rings is 1. The number of nitrogens with zero attached hydrogens (tertiary/aromatic N) is 1. The second-order valence-corrected chi connectivity index (χ2v) is 3.53. The van der Waals surface area contributed by atoms with E-state index < -0.39 is 23.1 Å². The minimum atomic E-state index is -1.99. The fraction of sp³-hybridized carbons (Fsp3) is 0.364. The van der Waals surface area contributed by atoms with Gasteiger partial charge in [-0.15, -0.1) is 0 Å². The highest BCUT2D eigenvalue weighted by Crippen LogP contribution is 2.21. The third-order valence-corrected chi connectivity index (χ3v) is 2.32. The Morgan fingerprint density at radius 1 is 1.50 bits per heavy atom. The number of rotatable bonds is 5. The molecular formula is C11H13FN2O4. The van der Waals surface area contributed by atoms with E-state index >= 15 is 0 Å². The standard InChI is InChI=1S/C11H13FN2O4/c1-2-18-11(15)9(12)10(13)7-3-5-8(6-4-7)14(16)17/h3-6,9-10H,2,13H2,1H3/t9?,10-/m0/s1. The first kappa shape index (κ1) is 14.0. The molecule has 2 atom stereocenters. The first-order valence-electron chi connectivity index (χ1n) is 5.28. The fourth-order valence-corrected chi connectivity index (χ4v) is 1.36. The van der Waals surface area contributed by atoms with Gasteiger partial charge in [-0.1, -0.05) is 12.1 Å². The van der Waals surface area contributed by atoms with Crippen LogP contribution in [-0.2, 0) is 9.53 Å². The summed E-state index contributed by atoms with van der Waals surface area (Å²) in [6.45, 7) is 1.62. The zero-order chi connectivity index (χ0) is 13.7. The minimum absolute atomic E-state index is 0.0617. The monoisotopic (exact) mass is 256 g/mol. The van der Waals surface area contributed by atoms with E-state index in [2.05, 4.69) is 4.74 Å². The smallest absolute Gasteiger partial charge is 0.342 e. The first-order valence-corrected chi connectivity index (χ1v) is 5.28. The molecule has 0 spiro atoms. The summed E-state index contributed by atoms with van der Waals surface area (Å²) in [5.74, 6) is -1.04. The van der Waals surface area contributed by atoms with Crippen LogP contribution in [-0.4, -0.2) is 23.7 Å². The van der Waals surface area contributed by atoms with Gasteiger partial charge >= 0.3 is 5.97 Å². The van der Waals surface area contributed by atoms with Crippen LogP contribution in [0.25, 0.3) is 0 Å². The molecule has 1 aromatic carbocycles. The number of carbonyl (C=O) groups is 1. The Labute approximate surface area is 103 Å². The summed E-state index contributed by atoms with van der Waals surface area (Å²) in [4.78, 5) is 21.0. The van der Waals surface area contributed by atoms with Crippen molar-refractivity contribution in [1.82, 2.24) is 0 Å². The van der Waals surface area contributed by atoms with Crippen molar-refractivity contribution in [3.8, 4) is 0 Å². The molecule has 0 radical (unpaired) electrons. The second kappa shape index (κ2) is 6.06. The van der Waals surface area contributed by atoms with Crippen LogP contribution >= 0.6 is 0 Å². The molecule has 6 nitrogen and oxygen atoms in total. The Hall–Kier alpha value is -2.02. The number of halogens is 1. The van der Waals surface area contributed by atoms with Crippen molar-refractivity contribution in [2.45, 2.75) is 19.1 Å². The summed E-state index contributed by atoms with van der Waals surface area (Å²) in [5, 5.41) is 10.4. The molecule has 0 fully saturated rings. The van der Waals surface area contributed by atoms with Crippen molar-refractivity contribution in [3.05, 3.63) is 39.9 Å². The van der Waals surface area contributed by atoms with E-state index in [-0.39, 0.29) is 12.3 Å². The number of carbonyl (C=O) groups excluding carboxylic acids is 1. The van der Waals surface area contributed by atoms with Crippen LogP contribution in [0, 0.1) is 10.1 Å². The summed E-state index contributed by atoms with van der Waals surface area (Å²) in [6.07, 6.45) is -1.99. The van der Waals surface area contributed by atoms with Gasteiger partial charge in [0, 0.05) is 12.1 Å². The van der Waals surface area contributed by atoms with Gasteiger partial charge in [0.15, 0.2) is 0 Å². The Balaban J connectivity index is 2.80. The quantitative estimate of drug-likeness (QED) is 0.489. The van der Waals surface area contributed by atoms with Crippen molar-refractivity contribution < 1.29 is 18.8 Å². The molecule has 0 amide bonds. The average molecular weight is 256 g/mol. The molecule has 98 valence electrons. The second-order valence-electron chi connectivity index (χ2n) is 3.53. The van der Waals surface area contributed by atoms with Crippen LogP contribution in [0.1, 0.15) is 18.5 Å². The largest absolute Gasteiger partial charge is 0.464 e. The van der Waals surface area contributed by atoms with Crippen molar-refractivity contribution in [1.29, 1.82) is 0 Å². The molecule has 0 aliphatic carbocycles. The van der Waals surface area contributed by atoms with Gasteiger partial charge < -0.3 is 10.5 Å². The lowest BCUT2D eigenvalue weighted by Gasteiger charge is -2.15. The van der Waals surface area contributed by atoms with Gasteiger partial charge in [-0.05, 0) is 12.5 Å². The average Bonchev–Trinajstić information content (AvgIpc) is 2.37. The predicted octanol–water partition coefficient (Wildman–Crippen LogP) is 1.50. The number of nitro groups is 1. The van der Waals surface area contributed by atoms with E-state index in [0.29, 0.717) is 5.56 Å². The number of nitro benzene ring substituents is 1. The molecule has 1 rings (SSSR count). The number of ether oxygens (including phenoxy) is 1. The highest BCUT2D eigenvalue weighted by molar-refractivity contribution is 5.75. The van der Waals surface area contributed by atoms with E-state index in [4.69, 9.17) is 5.73 Å². The lowest BCUT2D eigenvalue weighted by molar-refractivity contribution is -0.384. The Morgan fingerprint density at radius 2 is 2.06 bits per heavy atom. The molecule has 18 heavy (non-hydrogen) atoms. The van der Waals surface area contributed by atoms with Crippen molar-refractivity contribution in [2.75, 3.05) is 6.61 Å². The van der Waals surface area contributed by atoms with Crippen LogP contribution in [0.2, 0.25) is 0 Å². The lowest BCUT2D eigenvalue weighted by Crippen LogP contribution is -2.31. The summed E-state index contributed by atoms with van der Waals surface area (Å²) in [5.41, 5.74) is 5.72. The normalized spacial score (nSPS) is 13.7. The summed E-state index contributed by atoms with van der Waals surface area (Å²) >= 11 is 0. The molecule has 0 heterocycles. The predicted molar refractivity (Wildman–Crippen MR) is 61.6 cm³/mol. The molecule has 0 aliphatic rings. The molecule has 1 unspecified atom stereocenters. The topological polar surface area (TPSA) is 95.5 Å². The highest BCUT2D eigenvalue weighted by atomic mass is 19.1. The maximum absolute atomic E-state index is 13.6. The summed E-state index contributed by atoms with van der Waals surface area (Å²) in [6, 6.07) is 3.83. The Bertz CT molecular complexity index is 435. The van der Waals surface area contributed by atoms with E-state index in [1.807, 2.05) is 0 Å². The number of nitrogens with two attached hydrogens (primary N) is 1. The maximum atomic E-state index is 13.6. The zero-order valence-electron chi connectivity index (χ0n) is 9.71. The molecule has 0 aromatic heterocycles. The number of hydrogen-bond acceptors (Lipinski definition) is 5. The SMILES string of the molecule is CCOC(=O)C(F)[C@@H](N)c1ccc([N+](=O)[O-])cc1. The molecule has 1 aromatic rings. The Morgan fingerprint density at radius 3 is 2.50 bits per heavy atom. The van der Waals surface area contributed by atoms with Crippen LogP contribution in [0.3, 0.4) is 0 Å². The zero-order valence-corrected chi connectivity index (χ0v) is 9.71. The minimum Gasteiger partial charge on any atom is -0.464 e. The van der Waals surface area contributed by atoms with Crippen LogP contribution < -0.4 is 5.73 Å². The van der Waals surface area contributed by atoms with Crippen LogP contribution in [0.5, 0.6) is 0 Å². The van der Waals surface area contributed by atoms with E-state index in [0.717, 1.165) is 0 Å². The maximum Gasteiger partial charge on any atom is 0.342 e. The lowest BCUT2D eigenvalue weighted by atomic mass is 10.0. The van der Waals surface area contributed by atoms with E-state index in [1.54, 1.807) is 6.92 Å². The molecule has 2 N–H and O–H groups in total. The van der Waals surface area contributed by atoms with E-state index in [1.165, 1.54) is 24.3 Å². The molecule has 0 bridgehead atoms. The number of esters is 1. The molecule has 0 saturated heterocycles. The van der Waals surface area contributed by atoms with Crippen LogP contribution in [0.4, 0.5) is 10.1 Å². The third-order valence-electron chi connectivity index (χ3n) is 2.32. The number of non-ortho nitro benzene ring substituents is 1. The molecule has 0 aliphatic heterocycles. The van der Waals surface area contributed by atoms with Gasteiger partial charge in [0.25, 0.3) is 5.69 Å². The third kappa shape index (κ3) is 3.24. The molecular weight excluding hydrogens is 243 g/mol. The van der Waals surface area contributed by atoms with Crippen molar-refractivity contribution in [2.24, 2.45) is 5.73 Å². The van der Waals surface area contributed by atoms with Gasteiger partial charge in [0.05, 0.1) is 17.6 Å². The Kier molecular flexibility index (Phi) is 4.73. The summed E-state index contributed by atoms with van der Waals surface area (Å²) < 4.78 is 18.1. The van der Waals surface area contributed by atoms with Crippen molar-refractivity contribution >= 4 is 11.7 Å². The van der Waals surface area contributed by atoms with E-state index in [9.17, 15) is 19.3 Å². The van der Waals surface area contributed by atoms with Gasteiger partial charge in [0.1, 0.15) is 0 Å². The van der Waals surface area contributed by atoms with Gasteiger partial charge in [0.2, 0.25) is 6.17 Å². The first-order chi connectivity index (χ1) is 8.47. The van der Waals surface area contributed by atoms with Crippen molar-refractivity contribution in [3.63, 3.8) is 0 Å². The number of alkyl halides is 1. The van der Waals surface area contributed by atoms with Crippen LogP contribution in [0.15, 0.2) is 24.3 Å². The highest BCUT2D eigenvalue weighted by Gasteiger charge is 2.27. The fourth-order valence-electron chi connectivity index (χ4n) is 1.36. The number of hydrogen-bond donors (Lipinski definition) is 1. The van der Waals surface area contributed by atoms with Gasteiger partial charge in [-0.3, -0.25) is 10.1 Å². The summed E-state index contributed by atoms with van der Waals surface area (Å²) in [7, 11) is 0. The molecule has 0 saturated carbocycles. The van der Waals surface area contributed by atoms with Gasteiger partial charge in [-0.25, -0.2) is 9.18 Å². The molecule has 7 heteroatoms.